The fourth-order valence-corrected chi connectivity index (χ4v) is 5.66. The van der Waals surface area contributed by atoms with Crippen LogP contribution in [0.1, 0.15) is 115 Å². The molecule has 2 aliphatic carbocycles. The number of fused-ring (bicyclic) bond motifs is 2. The Morgan fingerprint density at radius 2 is 1.35 bits per heavy atom. The highest BCUT2D eigenvalue weighted by molar-refractivity contribution is 5.97. The first-order valence-corrected chi connectivity index (χ1v) is 17.5. The molecule has 0 saturated carbocycles. The molecular weight excluding hydrogens is 694 g/mol. The summed E-state index contributed by atoms with van der Waals surface area (Å²) in [6, 6.07) is 11.5. The summed E-state index contributed by atoms with van der Waals surface area (Å²) >= 11 is 0. The van der Waals surface area contributed by atoms with Crippen molar-refractivity contribution in [3.63, 3.8) is 0 Å². The van der Waals surface area contributed by atoms with Gasteiger partial charge in [0, 0.05) is 39.2 Å². The van der Waals surface area contributed by atoms with Gasteiger partial charge in [0.1, 0.15) is 11.2 Å². The highest BCUT2D eigenvalue weighted by Crippen LogP contribution is 2.34. The van der Waals surface area contributed by atoms with Gasteiger partial charge in [-0.2, -0.15) is 4.98 Å². The molecule has 0 saturated heterocycles. The third kappa shape index (κ3) is 13.0. The fourth-order valence-electron chi connectivity index (χ4n) is 5.66. The lowest BCUT2D eigenvalue weighted by Gasteiger charge is -2.32. The second-order valence-electron chi connectivity index (χ2n) is 15.1. The molecule has 0 spiro atoms. The van der Waals surface area contributed by atoms with Crippen LogP contribution in [0.2, 0.25) is 0 Å². The average Bonchev–Trinajstić information content (AvgIpc) is 3.80. The van der Waals surface area contributed by atoms with Crippen molar-refractivity contribution in [1.82, 2.24) is 25.7 Å². The van der Waals surface area contributed by atoms with E-state index in [1.54, 1.807) is 27.2 Å². The summed E-state index contributed by atoms with van der Waals surface area (Å²) in [5.41, 5.74) is 10.7. The predicted molar refractivity (Wildman–Crippen MR) is 207 cm³/mol. The van der Waals surface area contributed by atoms with E-state index in [4.69, 9.17) is 34.4 Å². The second-order valence-corrected chi connectivity index (χ2v) is 15.1. The number of rotatable bonds is 7. The molecule has 0 aliphatic heterocycles. The van der Waals surface area contributed by atoms with Crippen molar-refractivity contribution in [2.45, 2.75) is 118 Å². The van der Waals surface area contributed by atoms with E-state index < -0.39 is 23.2 Å². The minimum Gasteiger partial charge on any atom is -0.444 e. The Hall–Kier alpha value is -4.73. The van der Waals surface area contributed by atoms with Gasteiger partial charge in [0.25, 0.3) is 0 Å². The third-order valence-electron chi connectivity index (χ3n) is 8.58. The first kappa shape index (κ1) is 45.4. The molecule has 0 fully saturated rings. The maximum atomic E-state index is 11.9. The number of benzene rings is 2. The number of nitrogens with zero attached hydrogens (tertiary/aromatic N) is 4. The van der Waals surface area contributed by atoms with Gasteiger partial charge in [-0.05, 0) is 116 Å². The Morgan fingerprint density at radius 3 is 1.74 bits per heavy atom. The maximum absolute atomic E-state index is 11.9. The molecule has 5 rings (SSSR count). The number of ether oxygens (including phenoxy) is 4. The van der Waals surface area contributed by atoms with Crippen LogP contribution in [-0.2, 0) is 31.8 Å². The summed E-state index contributed by atoms with van der Waals surface area (Å²) in [5.74, 6) is 0.639. The number of carbonyl (C=O) groups is 2. The summed E-state index contributed by atoms with van der Waals surface area (Å²) < 4.78 is 25.7. The van der Waals surface area contributed by atoms with Gasteiger partial charge in [-0.15, -0.1) is 0 Å². The van der Waals surface area contributed by atoms with Gasteiger partial charge in [-0.3, -0.25) is 4.90 Å². The molecule has 2 atom stereocenters. The van der Waals surface area contributed by atoms with Crippen molar-refractivity contribution >= 4 is 18.0 Å². The highest BCUT2D eigenvalue weighted by atomic mass is 16.7. The minimum atomic E-state index is -0.583. The smallest absolute Gasteiger partial charge is 0.408 e. The molecular formula is C39H61N7O8. The van der Waals surface area contributed by atoms with E-state index in [-0.39, 0.29) is 31.4 Å². The molecule has 300 valence electrons. The summed E-state index contributed by atoms with van der Waals surface area (Å²) in [5, 5.41) is 21.5. The van der Waals surface area contributed by atoms with Gasteiger partial charge >= 0.3 is 12.2 Å². The number of hydrogen-bond acceptors (Lipinski definition) is 12. The lowest BCUT2D eigenvalue weighted by atomic mass is 10.0. The van der Waals surface area contributed by atoms with E-state index in [9.17, 15) is 9.59 Å². The summed E-state index contributed by atoms with van der Waals surface area (Å²) in [4.78, 5) is 29.9. The van der Waals surface area contributed by atoms with Gasteiger partial charge in [0.15, 0.2) is 5.84 Å². The van der Waals surface area contributed by atoms with E-state index in [1.807, 2.05) is 91.7 Å². The Bertz CT molecular complexity index is 1720. The van der Waals surface area contributed by atoms with E-state index in [0.717, 1.165) is 47.9 Å². The highest BCUT2D eigenvalue weighted by Gasteiger charge is 2.28. The Labute approximate surface area is 319 Å². The molecule has 2 aromatic carbocycles. The number of amidine groups is 1. The first-order valence-electron chi connectivity index (χ1n) is 17.5. The summed E-state index contributed by atoms with van der Waals surface area (Å²) in [7, 11) is 7.02. The molecule has 2 aliphatic rings. The Kier molecular flexibility index (Phi) is 16.0. The zero-order valence-corrected chi connectivity index (χ0v) is 33.1. The number of alkyl carbamates (subject to hydrolysis) is 2. The predicted octanol–water partition coefficient (Wildman–Crippen LogP) is 7.00. The lowest BCUT2D eigenvalue weighted by molar-refractivity contribution is -0.270. The van der Waals surface area contributed by atoms with Gasteiger partial charge in [0.2, 0.25) is 17.6 Å². The molecule has 0 bridgehead atoms. The fraction of sp³-hybridized carbons (Fsp3) is 0.564. The second kappa shape index (κ2) is 19.0. The Morgan fingerprint density at radius 1 is 0.870 bits per heavy atom. The van der Waals surface area contributed by atoms with Crippen LogP contribution in [0.15, 0.2) is 46.1 Å². The molecule has 2 amide bonds. The van der Waals surface area contributed by atoms with E-state index in [2.05, 4.69) is 32.0 Å². The molecule has 5 N–H and O–H groups in total. The van der Waals surface area contributed by atoms with Crippen molar-refractivity contribution in [1.29, 1.82) is 0 Å². The monoisotopic (exact) mass is 755 g/mol. The number of carbonyl (C=O) groups excluding carboxylic acids is 2. The topological polar surface area (TPSA) is 196 Å². The molecule has 15 heteroatoms. The normalized spacial score (nSPS) is 16.4. The van der Waals surface area contributed by atoms with E-state index in [0.29, 0.717) is 17.3 Å². The van der Waals surface area contributed by atoms with Crippen molar-refractivity contribution in [2.24, 2.45) is 10.9 Å². The van der Waals surface area contributed by atoms with Crippen LogP contribution in [0.3, 0.4) is 0 Å². The van der Waals surface area contributed by atoms with Crippen LogP contribution in [0, 0.1) is 6.92 Å². The quantitative estimate of drug-likeness (QED) is 0.0635. The zero-order chi connectivity index (χ0) is 39.7. The van der Waals surface area contributed by atoms with Gasteiger partial charge < -0.3 is 45.0 Å². The van der Waals surface area contributed by atoms with Crippen molar-refractivity contribution in [2.75, 3.05) is 28.3 Å². The number of hydrogen-bond donors (Lipinski definition) is 4. The van der Waals surface area contributed by atoms with E-state index >= 15 is 0 Å². The minimum absolute atomic E-state index is 0. The number of aromatic nitrogens is 2. The van der Waals surface area contributed by atoms with Crippen molar-refractivity contribution < 1.29 is 38.3 Å². The number of nitrogens with one attached hydrogen (secondary N) is 2. The van der Waals surface area contributed by atoms with Crippen LogP contribution >= 0.6 is 0 Å². The largest absolute Gasteiger partial charge is 0.444 e. The van der Waals surface area contributed by atoms with Crippen LogP contribution in [0.5, 0.6) is 0 Å². The van der Waals surface area contributed by atoms with Crippen LogP contribution in [0.4, 0.5) is 9.59 Å². The Balaban J connectivity index is 0.000000303. The maximum Gasteiger partial charge on any atom is 0.408 e. The molecule has 15 nitrogen and oxygen atoms in total. The van der Waals surface area contributed by atoms with Crippen molar-refractivity contribution in [3.05, 3.63) is 70.1 Å². The third-order valence-corrected chi connectivity index (χ3v) is 8.58. The SMILES string of the molecule is C.CC(C)(C)OC(=O)N[C@@H]1CCc2cc(C(N)=NO)ccc21.COC(C)(OC)N(C)C.Cc1nc(-c2ccc3c(c2)CC[C@H]3NC(=O)OC(C)(C)C)no1. The standard InChI is InChI=1S/C17H21N3O3.C15H21N3O3.C6H15NO2.CH4/c1-10-18-15(20-23-10)12-5-7-13-11(9-12)6-8-14(13)19-16(21)22-17(2,3)4;1-15(2,3)21-14(19)17-12-7-5-9-8-10(13(16)18-20)4-6-11(9)12;1-6(8-4,9-5)7(2)3;/h5,7,9,14H,6,8H2,1-4H3,(H,19,21);4,6,8,12,20H,5,7H2,1-3H3,(H2,16,18)(H,17,19);1-5H3;1H4/t14-;12-;;/m11../s1. The molecule has 3 aromatic rings. The lowest BCUT2D eigenvalue weighted by Crippen LogP contribution is -2.44. The number of amides is 2. The zero-order valence-electron chi connectivity index (χ0n) is 33.1. The molecule has 0 unspecified atom stereocenters. The first-order chi connectivity index (χ1) is 24.7. The number of methoxy groups -OCH3 is 2. The van der Waals surface area contributed by atoms with Crippen molar-refractivity contribution in [3.8, 4) is 11.4 Å². The number of oxime groups is 1. The average molecular weight is 756 g/mol. The number of aryl methyl sites for hydroxylation is 3. The molecule has 1 heterocycles. The van der Waals surface area contributed by atoms with E-state index in [1.165, 1.54) is 5.56 Å². The van der Waals surface area contributed by atoms with Crippen LogP contribution in [0.25, 0.3) is 11.4 Å². The van der Waals surface area contributed by atoms with Crippen LogP contribution < -0.4 is 16.4 Å². The number of nitrogens with two attached hydrogens (primary N) is 1. The molecule has 54 heavy (non-hydrogen) atoms. The summed E-state index contributed by atoms with van der Waals surface area (Å²) in [6.45, 7) is 14.7. The van der Waals surface area contributed by atoms with Gasteiger partial charge in [0.05, 0.1) is 12.1 Å². The van der Waals surface area contributed by atoms with Gasteiger partial charge in [-0.1, -0.05) is 42.0 Å². The van der Waals surface area contributed by atoms with Gasteiger partial charge in [-0.25, -0.2) is 9.59 Å². The summed E-state index contributed by atoms with van der Waals surface area (Å²) in [6.07, 6.45) is 2.62. The molecule has 1 aromatic heterocycles. The molecule has 0 radical (unpaired) electrons. The van der Waals surface area contributed by atoms with Crippen LogP contribution in [-0.4, -0.2) is 83.7 Å².